The van der Waals surface area contributed by atoms with Crippen LogP contribution in [0.3, 0.4) is 0 Å². The van der Waals surface area contributed by atoms with Crippen LogP contribution in [0.2, 0.25) is 11.6 Å². The maximum Gasteiger partial charge on any atom is 0.165 e. The molecule has 0 aliphatic rings. The largest absolute Gasteiger partial charge is 0.419 e. The van der Waals surface area contributed by atoms with Gasteiger partial charge in [-0.25, -0.2) is 0 Å². The summed E-state index contributed by atoms with van der Waals surface area (Å²) in [6.45, 7) is 15.3. The molecule has 0 aromatic rings. The van der Waals surface area contributed by atoms with Crippen LogP contribution in [0.4, 0.5) is 0 Å². The van der Waals surface area contributed by atoms with E-state index in [1.54, 1.807) is 0 Å². The smallest absolute Gasteiger partial charge is 0.165 e. The van der Waals surface area contributed by atoms with Gasteiger partial charge in [0.05, 0.1) is 0 Å². The Morgan fingerprint density at radius 2 is 1.44 bits per heavy atom. The standard InChI is InChI=1S/C14H34O2Si2/c1-12(18-16-14(5,6)7)10-8-9-11-17-15-13(2,3)4/h12H,8-11,17-18H2,1-7H3. The van der Waals surface area contributed by atoms with Crippen LogP contribution in [0.1, 0.15) is 67.7 Å². The fourth-order valence-electron chi connectivity index (χ4n) is 1.63. The zero-order valence-corrected chi connectivity index (χ0v) is 16.5. The molecule has 1 atom stereocenters. The Morgan fingerprint density at radius 1 is 0.889 bits per heavy atom. The molecule has 18 heavy (non-hydrogen) atoms. The first-order chi connectivity index (χ1) is 8.10. The quantitative estimate of drug-likeness (QED) is 0.505. The first-order valence-corrected chi connectivity index (χ1v) is 10.4. The Hall–Kier alpha value is 0.354. The van der Waals surface area contributed by atoms with E-state index in [1.807, 2.05) is 0 Å². The van der Waals surface area contributed by atoms with Crippen molar-refractivity contribution in [2.24, 2.45) is 0 Å². The molecule has 2 nitrogen and oxygen atoms in total. The third kappa shape index (κ3) is 14.4. The minimum atomic E-state index is -0.350. The van der Waals surface area contributed by atoms with E-state index >= 15 is 0 Å². The Labute approximate surface area is 119 Å². The molecule has 0 radical (unpaired) electrons. The summed E-state index contributed by atoms with van der Waals surface area (Å²) < 4.78 is 11.8. The monoisotopic (exact) mass is 290 g/mol. The number of hydrogen-bond donors (Lipinski definition) is 0. The van der Waals surface area contributed by atoms with Gasteiger partial charge in [-0.15, -0.1) is 0 Å². The highest BCUT2D eigenvalue weighted by atomic mass is 28.2. The Kier molecular flexibility index (Phi) is 8.68. The lowest BCUT2D eigenvalue weighted by Crippen LogP contribution is -2.23. The molecule has 0 heterocycles. The highest BCUT2D eigenvalue weighted by Gasteiger charge is 2.13. The molecule has 0 aromatic heterocycles. The lowest BCUT2D eigenvalue weighted by Gasteiger charge is -2.22. The number of unbranched alkanes of at least 4 members (excludes halogenated alkanes) is 1. The van der Waals surface area contributed by atoms with Gasteiger partial charge in [0.25, 0.3) is 0 Å². The van der Waals surface area contributed by atoms with E-state index in [0.29, 0.717) is 0 Å². The van der Waals surface area contributed by atoms with E-state index in [2.05, 4.69) is 48.5 Å². The van der Waals surface area contributed by atoms with Crippen LogP contribution < -0.4 is 0 Å². The third-order valence-electron chi connectivity index (χ3n) is 2.68. The summed E-state index contributed by atoms with van der Waals surface area (Å²) in [6, 6.07) is 1.33. The topological polar surface area (TPSA) is 18.5 Å². The van der Waals surface area contributed by atoms with Crippen molar-refractivity contribution in [2.45, 2.75) is 90.5 Å². The third-order valence-corrected chi connectivity index (χ3v) is 6.55. The highest BCUT2D eigenvalue weighted by molar-refractivity contribution is 6.29. The van der Waals surface area contributed by atoms with Crippen molar-refractivity contribution in [3.05, 3.63) is 0 Å². The molecule has 0 saturated heterocycles. The predicted octanol–water partition coefficient (Wildman–Crippen LogP) is 3.18. The van der Waals surface area contributed by atoms with Gasteiger partial charge in [0.15, 0.2) is 19.5 Å². The van der Waals surface area contributed by atoms with Crippen LogP contribution in [0, 0.1) is 0 Å². The molecule has 0 spiro atoms. The summed E-state index contributed by atoms with van der Waals surface area (Å²) in [4.78, 5) is 0. The van der Waals surface area contributed by atoms with Gasteiger partial charge < -0.3 is 8.85 Å². The zero-order valence-electron chi connectivity index (χ0n) is 13.6. The predicted molar refractivity (Wildman–Crippen MR) is 86.8 cm³/mol. The first-order valence-electron chi connectivity index (χ1n) is 7.38. The molecule has 0 aliphatic heterocycles. The molecule has 0 fully saturated rings. The zero-order chi connectivity index (χ0) is 14.2. The van der Waals surface area contributed by atoms with Crippen molar-refractivity contribution in [3.8, 4) is 0 Å². The van der Waals surface area contributed by atoms with Gasteiger partial charge in [-0.05, 0) is 53.1 Å². The van der Waals surface area contributed by atoms with Gasteiger partial charge >= 0.3 is 0 Å². The van der Waals surface area contributed by atoms with Crippen molar-refractivity contribution in [1.82, 2.24) is 0 Å². The van der Waals surface area contributed by atoms with E-state index in [0.717, 1.165) is 5.54 Å². The summed E-state index contributed by atoms with van der Waals surface area (Å²) in [5.74, 6) is 0. The first kappa shape index (κ1) is 18.4. The van der Waals surface area contributed by atoms with Gasteiger partial charge in [0.2, 0.25) is 0 Å². The second-order valence-electron chi connectivity index (χ2n) is 7.34. The van der Waals surface area contributed by atoms with Crippen LogP contribution in [-0.4, -0.2) is 30.7 Å². The van der Waals surface area contributed by atoms with E-state index in [4.69, 9.17) is 8.85 Å². The molecular formula is C14H34O2Si2. The molecule has 0 saturated carbocycles. The Morgan fingerprint density at radius 3 is 1.94 bits per heavy atom. The van der Waals surface area contributed by atoms with Crippen molar-refractivity contribution < 1.29 is 8.85 Å². The number of hydrogen-bond acceptors (Lipinski definition) is 2. The molecule has 0 N–H and O–H groups in total. The second-order valence-corrected chi connectivity index (χ2v) is 10.8. The molecule has 0 amide bonds. The van der Waals surface area contributed by atoms with Crippen molar-refractivity contribution >= 4 is 19.5 Å². The molecule has 0 bridgehead atoms. The van der Waals surface area contributed by atoms with Gasteiger partial charge in [-0.2, -0.15) is 0 Å². The maximum atomic E-state index is 5.94. The molecule has 0 aliphatic carbocycles. The van der Waals surface area contributed by atoms with Gasteiger partial charge in [-0.3, -0.25) is 0 Å². The fraction of sp³-hybridized carbons (Fsp3) is 1.00. The normalized spacial score (nSPS) is 16.2. The SMILES string of the molecule is CC(CCCC[SiH2]OC(C)(C)C)[SiH2]OC(C)(C)C. The summed E-state index contributed by atoms with van der Waals surface area (Å²) in [6.07, 6.45) is 4.03. The Bertz CT molecular complexity index is 207. The van der Waals surface area contributed by atoms with Crippen LogP contribution in [0.15, 0.2) is 0 Å². The number of rotatable bonds is 8. The molecule has 4 heteroatoms. The fourth-order valence-corrected chi connectivity index (χ4v) is 4.18. The van der Waals surface area contributed by atoms with Crippen LogP contribution >= 0.6 is 0 Å². The minimum Gasteiger partial charge on any atom is -0.419 e. The maximum absolute atomic E-state index is 5.94. The van der Waals surface area contributed by atoms with E-state index in [9.17, 15) is 0 Å². The highest BCUT2D eigenvalue weighted by Crippen LogP contribution is 2.17. The van der Waals surface area contributed by atoms with E-state index < -0.39 is 0 Å². The van der Waals surface area contributed by atoms with Crippen molar-refractivity contribution in [1.29, 1.82) is 0 Å². The molecule has 0 aromatic carbocycles. The lowest BCUT2D eigenvalue weighted by atomic mass is 10.2. The molecular weight excluding hydrogens is 256 g/mol. The van der Waals surface area contributed by atoms with Gasteiger partial charge in [0, 0.05) is 11.2 Å². The molecule has 1 unspecified atom stereocenters. The summed E-state index contributed by atoms with van der Waals surface area (Å²) >= 11 is 0. The Balaban J connectivity index is 3.38. The summed E-state index contributed by atoms with van der Waals surface area (Å²) in [5.41, 5.74) is 0.954. The lowest BCUT2D eigenvalue weighted by molar-refractivity contribution is 0.135. The van der Waals surface area contributed by atoms with E-state index in [1.165, 1.54) is 25.3 Å². The average molecular weight is 291 g/mol. The van der Waals surface area contributed by atoms with Crippen LogP contribution in [0.25, 0.3) is 0 Å². The second kappa shape index (κ2) is 8.51. The van der Waals surface area contributed by atoms with E-state index in [-0.39, 0.29) is 30.7 Å². The summed E-state index contributed by atoms with van der Waals surface area (Å²) in [5, 5.41) is 0. The van der Waals surface area contributed by atoms with Crippen molar-refractivity contribution in [3.63, 3.8) is 0 Å². The van der Waals surface area contributed by atoms with Crippen LogP contribution in [-0.2, 0) is 8.85 Å². The molecule has 0 rings (SSSR count). The molecule has 110 valence electrons. The van der Waals surface area contributed by atoms with Gasteiger partial charge in [-0.1, -0.05) is 26.2 Å². The van der Waals surface area contributed by atoms with Crippen molar-refractivity contribution in [2.75, 3.05) is 0 Å². The van der Waals surface area contributed by atoms with Crippen LogP contribution in [0.5, 0.6) is 0 Å². The minimum absolute atomic E-state index is 0.0634. The average Bonchev–Trinajstić information content (AvgIpc) is 2.17. The van der Waals surface area contributed by atoms with Gasteiger partial charge in [0.1, 0.15) is 0 Å². The summed E-state index contributed by atoms with van der Waals surface area (Å²) in [7, 11) is -0.642.